The Balaban J connectivity index is 2.72. The lowest BCUT2D eigenvalue weighted by molar-refractivity contribution is 0.0694. The molecule has 4 N–H and O–H groups in total. The monoisotopic (exact) mass is 280 g/mol. The fourth-order valence-corrected chi connectivity index (χ4v) is 1.37. The lowest BCUT2D eigenvalue weighted by atomic mass is 9.88. The molecule has 0 aliphatic carbocycles. The Morgan fingerprint density at radius 1 is 1.25 bits per heavy atom. The van der Waals surface area contributed by atoms with E-state index in [9.17, 15) is 14.7 Å². The largest absolute Gasteiger partial charge is 0.507 e. The van der Waals surface area contributed by atoms with Gasteiger partial charge in [0.15, 0.2) is 0 Å². The van der Waals surface area contributed by atoms with Crippen molar-refractivity contribution in [1.82, 2.24) is 5.32 Å². The molecule has 0 fully saturated rings. The summed E-state index contributed by atoms with van der Waals surface area (Å²) >= 11 is 0. The molecule has 0 saturated carbocycles. The van der Waals surface area contributed by atoms with Crippen LogP contribution in [0.15, 0.2) is 18.2 Å². The van der Waals surface area contributed by atoms with E-state index >= 15 is 0 Å². The first-order valence-electron chi connectivity index (χ1n) is 6.25. The third-order valence-electron chi connectivity index (χ3n) is 3.13. The summed E-state index contributed by atoms with van der Waals surface area (Å²) < 4.78 is 0. The third kappa shape index (κ3) is 4.15. The second kappa shape index (κ2) is 5.81. The highest BCUT2D eigenvalue weighted by molar-refractivity contribution is 5.94. The molecule has 0 aliphatic rings. The molecule has 2 amide bonds. The zero-order valence-electron chi connectivity index (χ0n) is 12.0. The van der Waals surface area contributed by atoms with Crippen LogP contribution in [0, 0.1) is 5.41 Å². The molecular weight excluding hydrogens is 260 g/mol. The number of nitrogens with one attached hydrogen (secondary N) is 2. The molecule has 6 heteroatoms. The van der Waals surface area contributed by atoms with Gasteiger partial charge >= 0.3 is 12.0 Å². The molecule has 0 bridgehead atoms. The number of rotatable bonds is 3. The van der Waals surface area contributed by atoms with Gasteiger partial charge in [0.1, 0.15) is 11.3 Å². The van der Waals surface area contributed by atoms with Crippen LogP contribution in [0.1, 0.15) is 38.1 Å². The first-order chi connectivity index (χ1) is 9.11. The van der Waals surface area contributed by atoms with Crippen LogP contribution in [0.25, 0.3) is 0 Å². The van der Waals surface area contributed by atoms with Gasteiger partial charge in [-0.05, 0) is 24.5 Å². The van der Waals surface area contributed by atoms with Crippen molar-refractivity contribution in [3.8, 4) is 5.75 Å². The summed E-state index contributed by atoms with van der Waals surface area (Å²) in [7, 11) is 0. The fourth-order valence-electron chi connectivity index (χ4n) is 1.37. The third-order valence-corrected chi connectivity index (χ3v) is 3.13. The van der Waals surface area contributed by atoms with E-state index in [1.54, 1.807) is 0 Å². The molecule has 0 radical (unpaired) electrons. The topological polar surface area (TPSA) is 98.7 Å². The SMILES string of the molecule is CC(NC(=O)Nc1ccc(C(=O)O)c(O)c1)C(C)(C)C. The molecule has 1 rings (SSSR count). The van der Waals surface area contributed by atoms with E-state index in [2.05, 4.69) is 10.6 Å². The fraction of sp³-hybridized carbons (Fsp3) is 0.429. The quantitative estimate of drug-likeness (QED) is 0.684. The molecule has 20 heavy (non-hydrogen) atoms. The van der Waals surface area contributed by atoms with Gasteiger partial charge in [0.25, 0.3) is 0 Å². The maximum absolute atomic E-state index is 11.8. The minimum absolute atomic E-state index is 0.0469. The number of carbonyl (C=O) groups is 2. The summed E-state index contributed by atoms with van der Waals surface area (Å²) in [6.45, 7) is 7.91. The minimum Gasteiger partial charge on any atom is -0.507 e. The standard InChI is InChI=1S/C14H20N2O4/c1-8(14(2,3)4)15-13(20)16-9-5-6-10(12(18)19)11(17)7-9/h5-8,17H,1-4H3,(H,18,19)(H2,15,16,20). The van der Waals surface area contributed by atoms with E-state index in [0.717, 1.165) is 0 Å². The molecule has 0 spiro atoms. The molecule has 110 valence electrons. The number of aromatic hydroxyl groups is 1. The zero-order valence-corrected chi connectivity index (χ0v) is 12.0. The number of benzene rings is 1. The van der Waals surface area contributed by atoms with Crippen molar-refractivity contribution in [2.24, 2.45) is 5.41 Å². The molecule has 1 atom stereocenters. The van der Waals surface area contributed by atoms with Gasteiger partial charge in [0, 0.05) is 17.8 Å². The second-order valence-corrected chi connectivity index (χ2v) is 5.72. The highest BCUT2D eigenvalue weighted by Gasteiger charge is 2.21. The van der Waals surface area contributed by atoms with Crippen LogP contribution in [0.2, 0.25) is 0 Å². The van der Waals surface area contributed by atoms with E-state index < -0.39 is 12.0 Å². The molecular formula is C14H20N2O4. The molecule has 1 unspecified atom stereocenters. The molecule has 6 nitrogen and oxygen atoms in total. The molecule has 1 aromatic carbocycles. The molecule has 0 heterocycles. The Morgan fingerprint density at radius 3 is 2.30 bits per heavy atom. The van der Waals surface area contributed by atoms with E-state index in [4.69, 9.17) is 5.11 Å². The van der Waals surface area contributed by atoms with E-state index in [1.807, 2.05) is 27.7 Å². The Hall–Kier alpha value is -2.24. The summed E-state index contributed by atoms with van der Waals surface area (Å²) in [4.78, 5) is 22.5. The van der Waals surface area contributed by atoms with Crippen molar-refractivity contribution in [2.45, 2.75) is 33.7 Å². The molecule has 1 aromatic rings. The molecule has 0 aromatic heterocycles. The van der Waals surface area contributed by atoms with Crippen LogP contribution in [-0.4, -0.2) is 28.3 Å². The number of carboxylic acid groups (broad SMARTS) is 1. The maximum Gasteiger partial charge on any atom is 0.339 e. The van der Waals surface area contributed by atoms with Gasteiger partial charge in [-0.25, -0.2) is 9.59 Å². The van der Waals surface area contributed by atoms with Crippen molar-refractivity contribution in [1.29, 1.82) is 0 Å². The van der Waals surface area contributed by atoms with Crippen LogP contribution in [0.4, 0.5) is 10.5 Å². The summed E-state index contributed by atoms with van der Waals surface area (Å²) in [5, 5.41) is 23.6. The Morgan fingerprint density at radius 2 is 1.85 bits per heavy atom. The van der Waals surface area contributed by atoms with Gasteiger partial charge in [-0.1, -0.05) is 20.8 Å². The second-order valence-electron chi connectivity index (χ2n) is 5.72. The van der Waals surface area contributed by atoms with Crippen LogP contribution in [-0.2, 0) is 0 Å². The van der Waals surface area contributed by atoms with E-state index in [-0.39, 0.29) is 22.8 Å². The normalized spacial score (nSPS) is 12.6. The van der Waals surface area contributed by atoms with Gasteiger partial charge in [0.05, 0.1) is 0 Å². The summed E-state index contributed by atoms with van der Waals surface area (Å²) in [6.07, 6.45) is 0. The van der Waals surface area contributed by atoms with Crippen LogP contribution >= 0.6 is 0 Å². The average Bonchev–Trinajstić information content (AvgIpc) is 2.26. The van der Waals surface area contributed by atoms with Gasteiger partial charge in [-0.2, -0.15) is 0 Å². The summed E-state index contributed by atoms with van der Waals surface area (Å²) in [5.74, 6) is -1.61. The number of carbonyl (C=O) groups excluding carboxylic acids is 1. The van der Waals surface area contributed by atoms with Crippen molar-refractivity contribution < 1.29 is 19.8 Å². The van der Waals surface area contributed by atoms with Crippen molar-refractivity contribution in [3.63, 3.8) is 0 Å². The van der Waals surface area contributed by atoms with Crippen LogP contribution in [0.5, 0.6) is 5.75 Å². The number of carboxylic acids is 1. The lowest BCUT2D eigenvalue weighted by Gasteiger charge is -2.28. The number of hydrogen-bond acceptors (Lipinski definition) is 3. The first-order valence-corrected chi connectivity index (χ1v) is 6.25. The van der Waals surface area contributed by atoms with E-state index in [0.29, 0.717) is 5.69 Å². The molecule has 0 aliphatic heterocycles. The van der Waals surface area contributed by atoms with E-state index in [1.165, 1.54) is 18.2 Å². The Kier molecular flexibility index (Phi) is 4.60. The first kappa shape index (κ1) is 15.8. The smallest absolute Gasteiger partial charge is 0.339 e. The lowest BCUT2D eigenvalue weighted by Crippen LogP contribution is -2.43. The average molecular weight is 280 g/mol. The van der Waals surface area contributed by atoms with Crippen LogP contribution in [0.3, 0.4) is 0 Å². The Bertz CT molecular complexity index is 520. The van der Waals surface area contributed by atoms with Gasteiger partial charge in [-0.3, -0.25) is 0 Å². The number of hydrogen-bond donors (Lipinski definition) is 4. The predicted molar refractivity (Wildman–Crippen MR) is 76.1 cm³/mol. The van der Waals surface area contributed by atoms with Crippen molar-refractivity contribution in [3.05, 3.63) is 23.8 Å². The van der Waals surface area contributed by atoms with Crippen molar-refractivity contribution in [2.75, 3.05) is 5.32 Å². The number of anilines is 1. The summed E-state index contributed by atoms with van der Waals surface area (Å²) in [5.41, 5.74) is 0.0391. The highest BCUT2D eigenvalue weighted by Crippen LogP contribution is 2.22. The van der Waals surface area contributed by atoms with Crippen molar-refractivity contribution >= 4 is 17.7 Å². The highest BCUT2D eigenvalue weighted by atomic mass is 16.4. The minimum atomic E-state index is -1.22. The number of phenols is 1. The molecule has 0 saturated heterocycles. The summed E-state index contributed by atoms with van der Waals surface area (Å²) in [6, 6.07) is 3.40. The van der Waals surface area contributed by atoms with Crippen LogP contribution < -0.4 is 10.6 Å². The maximum atomic E-state index is 11.8. The van der Waals surface area contributed by atoms with Gasteiger partial charge < -0.3 is 20.8 Å². The number of urea groups is 1. The predicted octanol–water partition coefficient (Wildman–Crippen LogP) is 2.65. The van der Waals surface area contributed by atoms with Gasteiger partial charge in [-0.15, -0.1) is 0 Å². The number of aromatic carboxylic acids is 1. The zero-order chi connectivity index (χ0) is 15.5. The number of amides is 2. The Labute approximate surface area is 117 Å². The van der Waals surface area contributed by atoms with Gasteiger partial charge in [0.2, 0.25) is 0 Å².